The van der Waals surface area contributed by atoms with Gasteiger partial charge in [0.1, 0.15) is 28.7 Å². The summed E-state index contributed by atoms with van der Waals surface area (Å²) in [4.78, 5) is 13.8. The molecule has 0 spiro atoms. The quantitative estimate of drug-likeness (QED) is 0.189. The lowest BCUT2D eigenvalue weighted by atomic mass is 10.0. The second-order valence-electron chi connectivity index (χ2n) is 10.6. The first-order chi connectivity index (χ1) is 19.6. The number of rotatable bonds is 9. The van der Waals surface area contributed by atoms with E-state index in [1.165, 1.54) is 0 Å². The highest BCUT2D eigenvalue weighted by Gasteiger charge is 2.78. The number of aliphatic hydroxyl groups is 3. The average Bonchev–Trinajstić information content (AvgIpc) is 3.21. The van der Waals surface area contributed by atoms with Crippen molar-refractivity contribution in [3.05, 3.63) is 47.3 Å². The highest BCUT2D eigenvalue weighted by atomic mass is 16.5. The van der Waals surface area contributed by atoms with Crippen LogP contribution >= 0.6 is 0 Å². The Bertz CT molecular complexity index is 1620. The van der Waals surface area contributed by atoms with Crippen molar-refractivity contribution in [1.82, 2.24) is 15.0 Å². The van der Waals surface area contributed by atoms with E-state index in [-0.39, 0.29) is 18.2 Å². The number of anilines is 2. The van der Waals surface area contributed by atoms with Crippen molar-refractivity contribution in [1.29, 1.82) is 0 Å². The number of nitrogens with one attached hydrogen (secondary N) is 2. The molecule has 4 unspecified atom stereocenters. The van der Waals surface area contributed by atoms with Gasteiger partial charge in [-0.3, -0.25) is 0 Å². The molecule has 4 aromatic rings. The van der Waals surface area contributed by atoms with Crippen molar-refractivity contribution in [3.8, 4) is 28.7 Å². The Morgan fingerprint density at radius 2 is 1.68 bits per heavy atom. The first-order valence-corrected chi connectivity index (χ1v) is 13.3. The number of benzene rings is 1. The number of ether oxygens (including phenoxy) is 3. The number of furan rings is 1. The van der Waals surface area contributed by atoms with E-state index in [1.54, 1.807) is 33.5 Å². The van der Waals surface area contributed by atoms with Crippen LogP contribution in [0.15, 0.2) is 34.7 Å². The number of nitrogens with zero attached hydrogens (tertiary/aromatic N) is 3. The van der Waals surface area contributed by atoms with Crippen molar-refractivity contribution in [3.63, 3.8) is 0 Å². The number of aliphatic hydroxyl groups excluding tert-OH is 1. The monoisotopic (exact) mass is 563 g/mol. The second-order valence-corrected chi connectivity index (χ2v) is 10.6. The summed E-state index contributed by atoms with van der Waals surface area (Å²) in [5.41, 5.74) is -0.292. The SMILES string of the molecule is COc1cc(CNc2nc(C)c(-c3cc4cc(OC)nc(C)c4o3)c(NC3(O)CCC4C(O)C43O)n2)cc(OC)c1. The summed E-state index contributed by atoms with van der Waals surface area (Å²) in [5.74, 6) is 2.33. The summed E-state index contributed by atoms with van der Waals surface area (Å²) < 4.78 is 22.3. The molecule has 4 atom stereocenters. The molecule has 3 heterocycles. The summed E-state index contributed by atoms with van der Waals surface area (Å²) in [6, 6.07) is 9.14. The number of hydrogen-bond acceptors (Lipinski definition) is 12. The van der Waals surface area contributed by atoms with Crippen molar-refractivity contribution < 1.29 is 33.9 Å². The molecule has 6 rings (SSSR count). The van der Waals surface area contributed by atoms with Crippen LogP contribution in [0.3, 0.4) is 0 Å². The zero-order chi connectivity index (χ0) is 29.1. The Morgan fingerprint density at radius 1 is 0.951 bits per heavy atom. The van der Waals surface area contributed by atoms with Crippen LogP contribution in [-0.2, 0) is 6.54 Å². The van der Waals surface area contributed by atoms with Crippen molar-refractivity contribution in [2.24, 2.45) is 5.92 Å². The van der Waals surface area contributed by atoms with Gasteiger partial charge in [-0.15, -0.1) is 0 Å². The molecule has 2 aliphatic carbocycles. The van der Waals surface area contributed by atoms with E-state index in [4.69, 9.17) is 23.6 Å². The predicted octanol–water partition coefficient (Wildman–Crippen LogP) is 3.16. The molecule has 2 aliphatic rings. The third-order valence-electron chi connectivity index (χ3n) is 8.15. The molecule has 0 aliphatic heterocycles. The van der Waals surface area contributed by atoms with Gasteiger partial charge in [-0.25, -0.2) is 9.97 Å². The smallest absolute Gasteiger partial charge is 0.225 e. The molecule has 3 aromatic heterocycles. The van der Waals surface area contributed by atoms with Crippen LogP contribution in [0.2, 0.25) is 0 Å². The molecule has 0 bridgehead atoms. The number of pyridine rings is 1. The Labute approximate surface area is 236 Å². The zero-order valence-electron chi connectivity index (χ0n) is 23.5. The van der Waals surface area contributed by atoms with Gasteiger partial charge in [0, 0.05) is 30.0 Å². The molecule has 2 fully saturated rings. The molecule has 5 N–H and O–H groups in total. The fourth-order valence-corrected chi connectivity index (χ4v) is 5.87. The van der Waals surface area contributed by atoms with Gasteiger partial charge in [0.25, 0.3) is 0 Å². The lowest BCUT2D eigenvalue weighted by Crippen LogP contribution is -2.51. The molecule has 12 nitrogen and oxygen atoms in total. The van der Waals surface area contributed by atoms with E-state index in [1.807, 2.05) is 32.0 Å². The third kappa shape index (κ3) is 4.39. The van der Waals surface area contributed by atoms with E-state index < -0.39 is 23.3 Å². The molecule has 2 saturated carbocycles. The normalized spacial score (nSPS) is 24.7. The maximum Gasteiger partial charge on any atom is 0.225 e. The van der Waals surface area contributed by atoms with Gasteiger partial charge in [-0.05, 0) is 50.5 Å². The minimum atomic E-state index is -1.79. The van der Waals surface area contributed by atoms with E-state index >= 15 is 0 Å². The molecule has 216 valence electrons. The number of fused-ring (bicyclic) bond motifs is 2. The van der Waals surface area contributed by atoms with E-state index in [2.05, 4.69) is 20.6 Å². The van der Waals surface area contributed by atoms with Crippen LogP contribution in [0, 0.1) is 19.8 Å². The highest BCUT2D eigenvalue weighted by Crippen LogP contribution is 2.61. The minimum absolute atomic E-state index is 0.237. The Balaban J connectivity index is 1.40. The largest absolute Gasteiger partial charge is 0.497 e. The Morgan fingerprint density at radius 3 is 2.32 bits per heavy atom. The average molecular weight is 564 g/mol. The molecule has 0 saturated heterocycles. The summed E-state index contributed by atoms with van der Waals surface area (Å²) in [6.07, 6.45) is -0.313. The van der Waals surface area contributed by atoms with Gasteiger partial charge in [0.05, 0.1) is 44.4 Å². The first-order valence-electron chi connectivity index (χ1n) is 13.3. The molecule has 12 heteroatoms. The van der Waals surface area contributed by atoms with Gasteiger partial charge < -0.3 is 44.6 Å². The lowest BCUT2D eigenvalue weighted by Gasteiger charge is -2.32. The Hall–Kier alpha value is -4.13. The topological polar surface area (TPSA) is 164 Å². The van der Waals surface area contributed by atoms with Crippen LogP contribution in [0.5, 0.6) is 17.4 Å². The maximum atomic E-state index is 11.5. The molecule has 0 amide bonds. The van der Waals surface area contributed by atoms with E-state index in [0.29, 0.717) is 58.6 Å². The van der Waals surface area contributed by atoms with Crippen LogP contribution < -0.4 is 24.8 Å². The number of methoxy groups -OCH3 is 3. The van der Waals surface area contributed by atoms with Crippen LogP contribution in [0.25, 0.3) is 22.3 Å². The molecule has 41 heavy (non-hydrogen) atoms. The third-order valence-corrected chi connectivity index (χ3v) is 8.15. The van der Waals surface area contributed by atoms with E-state index in [0.717, 1.165) is 10.9 Å². The lowest BCUT2D eigenvalue weighted by molar-refractivity contribution is -0.0851. The zero-order valence-corrected chi connectivity index (χ0v) is 23.5. The van der Waals surface area contributed by atoms with Gasteiger partial charge in [0.2, 0.25) is 11.8 Å². The summed E-state index contributed by atoms with van der Waals surface area (Å²) in [6.45, 7) is 3.99. The summed E-state index contributed by atoms with van der Waals surface area (Å²) >= 11 is 0. The predicted molar refractivity (Wildman–Crippen MR) is 150 cm³/mol. The standard InChI is InChI=1S/C29H33N5O7/c1-14-23(21-10-17-11-22(40-5)31-15(2)24(17)41-21)26(34-28(36)7-6-20-25(35)29(20,28)37)33-27(32-14)30-13-16-8-18(38-3)12-19(9-16)39-4/h8-12,20,25,35-37H,6-7,13H2,1-5H3,(H2,30,32,33,34). The highest BCUT2D eigenvalue weighted by molar-refractivity contribution is 5.88. The molecule has 1 aromatic carbocycles. The minimum Gasteiger partial charge on any atom is -0.497 e. The second kappa shape index (κ2) is 9.75. The van der Waals surface area contributed by atoms with Crippen LogP contribution in [-0.4, -0.2) is 69.0 Å². The fourth-order valence-electron chi connectivity index (χ4n) is 5.87. The van der Waals surface area contributed by atoms with Gasteiger partial charge >= 0.3 is 0 Å². The Kier molecular flexibility index (Phi) is 6.44. The van der Waals surface area contributed by atoms with E-state index in [9.17, 15) is 15.3 Å². The van der Waals surface area contributed by atoms with Gasteiger partial charge in [0.15, 0.2) is 11.3 Å². The number of aryl methyl sites for hydroxylation is 2. The number of aromatic nitrogens is 3. The van der Waals surface area contributed by atoms with Gasteiger partial charge in [-0.2, -0.15) is 4.98 Å². The van der Waals surface area contributed by atoms with Crippen molar-refractivity contribution >= 4 is 22.7 Å². The van der Waals surface area contributed by atoms with Crippen molar-refractivity contribution in [2.75, 3.05) is 32.0 Å². The number of hydrogen-bond donors (Lipinski definition) is 5. The molecular weight excluding hydrogens is 530 g/mol. The maximum absolute atomic E-state index is 11.5. The summed E-state index contributed by atoms with van der Waals surface area (Å²) in [7, 11) is 4.72. The fraction of sp³-hybridized carbons (Fsp3) is 0.414. The molecular formula is C29H33N5O7. The van der Waals surface area contributed by atoms with Gasteiger partial charge in [-0.1, -0.05) is 0 Å². The molecule has 0 radical (unpaired) electrons. The first kappa shape index (κ1) is 27.1. The summed E-state index contributed by atoms with van der Waals surface area (Å²) in [5, 5.41) is 40.0. The van der Waals surface area contributed by atoms with Crippen LogP contribution in [0.4, 0.5) is 11.8 Å². The van der Waals surface area contributed by atoms with Crippen LogP contribution in [0.1, 0.15) is 29.8 Å². The van der Waals surface area contributed by atoms with Crippen molar-refractivity contribution in [2.45, 2.75) is 50.7 Å².